The molecule has 0 radical (unpaired) electrons. The summed E-state index contributed by atoms with van der Waals surface area (Å²) in [5.74, 6) is 0.542. The van der Waals surface area contributed by atoms with E-state index >= 15 is 0 Å². The number of nitrogens with two attached hydrogens (primary N) is 1. The van der Waals surface area contributed by atoms with Crippen molar-refractivity contribution in [2.24, 2.45) is 0 Å². The molecule has 0 aliphatic carbocycles. The van der Waals surface area contributed by atoms with Crippen LogP contribution < -0.4 is 5.73 Å². The molecule has 1 aromatic heterocycles. The number of fused-ring (bicyclic) bond motifs is 1. The average Bonchev–Trinajstić information content (AvgIpc) is 2.16. The van der Waals surface area contributed by atoms with Gasteiger partial charge in [-0.2, -0.15) is 0 Å². The van der Waals surface area contributed by atoms with Gasteiger partial charge in [-0.25, -0.2) is 0 Å². The topological polar surface area (TPSA) is 38.9 Å². The molecule has 2 aromatic rings. The minimum atomic E-state index is 0.542. The van der Waals surface area contributed by atoms with Crippen molar-refractivity contribution >= 4 is 16.6 Å². The van der Waals surface area contributed by atoms with Crippen LogP contribution in [0.25, 0.3) is 10.9 Å². The molecule has 0 saturated carbocycles. The molecule has 0 aliphatic heterocycles. The van der Waals surface area contributed by atoms with E-state index in [1.54, 1.807) is 6.20 Å². The molecular formula is C12H14N2. The number of hydrogen-bond acceptors (Lipinski definition) is 2. The second kappa shape index (κ2) is 3.29. The number of anilines is 1. The predicted molar refractivity (Wildman–Crippen MR) is 60.2 cm³/mol. The number of nitrogens with zero attached hydrogens (tertiary/aromatic N) is 1. The smallest absolute Gasteiger partial charge is 0.0703 e. The third-order valence-corrected chi connectivity index (χ3v) is 2.39. The maximum Gasteiger partial charge on any atom is 0.0703 e. The molecule has 0 bridgehead atoms. The first-order valence-electron chi connectivity index (χ1n) is 4.82. The minimum Gasteiger partial charge on any atom is -0.397 e. The number of hydrogen-bond donors (Lipinski definition) is 1. The van der Waals surface area contributed by atoms with Gasteiger partial charge < -0.3 is 5.73 Å². The van der Waals surface area contributed by atoms with Gasteiger partial charge in [0.15, 0.2) is 0 Å². The van der Waals surface area contributed by atoms with Gasteiger partial charge in [-0.05, 0) is 29.7 Å². The second-order valence-electron chi connectivity index (χ2n) is 3.88. The molecule has 0 saturated heterocycles. The van der Waals surface area contributed by atoms with Gasteiger partial charge in [-0.15, -0.1) is 0 Å². The average molecular weight is 186 g/mol. The van der Waals surface area contributed by atoms with Crippen LogP contribution in [0.1, 0.15) is 25.3 Å². The summed E-state index contributed by atoms with van der Waals surface area (Å²) in [4.78, 5) is 4.26. The Morgan fingerprint density at radius 2 is 2.00 bits per heavy atom. The summed E-state index contributed by atoms with van der Waals surface area (Å²) in [5.41, 5.74) is 8.74. The Hall–Kier alpha value is -1.57. The number of benzene rings is 1. The minimum absolute atomic E-state index is 0.542. The Labute approximate surface area is 83.8 Å². The largest absolute Gasteiger partial charge is 0.397 e. The fourth-order valence-corrected chi connectivity index (χ4v) is 1.53. The third-order valence-electron chi connectivity index (χ3n) is 2.39. The zero-order chi connectivity index (χ0) is 10.1. The first kappa shape index (κ1) is 9.00. The molecule has 0 aliphatic rings. The summed E-state index contributed by atoms with van der Waals surface area (Å²) in [7, 11) is 0. The summed E-state index contributed by atoms with van der Waals surface area (Å²) >= 11 is 0. The highest BCUT2D eigenvalue weighted by atomic mass is 14.7. The Morgan fingerprint density at radius 1 is 1.21 bits per heavy atom. The van der Waals surface area contributed by atoms with Crippen LogP contribution >= 0.6 is 0 Å². The van der Waals surface area contributed by atoms with Crippen molar-refractivity contribution < 1.29 is 0 Å². The Bertz CT molecular complexity index is 461. The maximum atomic E-state index is 5.69. The molecule has 0 amide bonds. The van der Waals surface area contributed by atoms with Crippen molar-refractivity contribution in [2.75, 3.05) is 5.73 Å². The van der Waals surface area contributed by atoms with Crippen LogP contribution in [0.2, 0.25) is 0 Å². The standard InChI is InChI=1S/C12H14N2/c1-8(2)9-3-4-12-10(5-9)6-11(13)7-14-12/h3-8H,13H2,1-2H3. The van der Waals surface area contributed by atoms with Gasteiger partial charge in [0.05, 0.1) is 17.4 Å². The fraction of sp³-hybridized carbons (Fsp3) is 0.250. The van der Waals surface area contributed by atoms with Crippen molar-refractivity contribution in [3.8, 4) is 0 Å². The lowest BCUT2D eigenvalue weighted by molar-refractivity contribution is 0.868. The summed E-state index contributed by atoms with van der Waals surface area (Å²) in [6.07, 6.45) is 1.69. The molecule has 2 rings (SSSR count). The quantitative estimate of drug-likeness (QED) is 0.743. The Kier molecular flexibility index (Phi) is 2.12. The van der Waals surface area contributed by atoms with E-state index in [0.717, 1.165) is 16.6 Å². The summed E-state index contributed by atoms with van der Waals surface area (Å²) in [6, 6.07) is 8.29. The van der Waals surface area contributed by atoms with Gasteiger partial charge in [0.2, 0.25) is 0 Å². The monoisotopic (exact) mass is 186 g/mol. The van der Waals surface area contributed by atoms with E-state index in [2.05, 4.69) is 31.0 Å². The van der Waals surface area contributed by atoms with Crippen LogP contribution in [-0.2, 0) is 0 Å². The van der Waals surface area contributed by atoms with Crippen LogP contribution in [-0.4, -0.2) is 4.98 Å². The second-order valence-corrected chi connectivity index (χ2v) is 3.88. The lowest BCUT2D eigenvalue weighted by Crippen LogP contribution is -1.90. The number of pyridine rings is 1. The normalized spacial score (nSPS) is 11.1. The van der Waals surface area contributed by atoms with Crippen molar-refractivity contribution in [2.45, 2.75) is 19.8 Å². The highest BCUT2D eigenvalue weighted by molar-refractivity contribution is 5.81. The van der Waals surface area contributed by atoms with E-state index in [0.29, 0.717) is 5.92 Å². The van der Waals surface area contributed by atoms with Gasteiger partial charge in [0.25, 0.3) is 0 Å². The predicted octanol–water partition coefficient (Wildman–Crippen LogP) is 2.94. The fourth-order valence-electron chi connectivity index (χ4n) is 1.53. The van der Waals surface area contributed by atoms with Crippen molar-refractivity contribution in [1.82, 2.24) is 4.98 Å². The van der Waals surface area contributed by atoms with Crippen LogP contribution in [0.15, 0.2) is 30.5 Å². The van der Waals surface area contributed by atoms with Gasteiger partial charge in [-0.3, -0.25) is 4.98 Å². The maximum absolute atomic E-state index is 5.69. The summed E-state index contributed by atoms with van der Waals surface area (Å²) in [6.45, 7) is 4.36. The van der Waals surface area contributed by atoms with Crippen molar-refractivity contribution in [1.29, 1.82) is 0 Å². The lowest BCUT2D eigenvalue weighted by atomic mass is 10.0. The Morgan fingerprint density at radius 3 is 2.71 bits per heavy atom. The Balaban J connectivity index is 2.63. The molecule has 0 fully saturated rings. The molecule has 14 heavy (non-hydrogen) atoms. The van der Waals surface area contributed by atoms with Gasteiger partial charge in [-0.1, -0.05) is 19.9 Å². The molecule has 2 N–H and O–H groups in total. The van der Waals surface area contributed by atoms with Crippen LogP contribution in [0, 0.1) is 0 Å². The number of nitrogen functional groups attached to an aromatic ring is 1. The van der Waals surface area contributed by atoms with Crippen LogP contribution in [0.5, 0.6) is 0 Å². The van der Waals surface area contributed by atoms with Gasteiger partial charge in [0.1, 0.15) is 0 Å². The molecule has 1 heterocycles. The van der Waals surface area contributed by atoms with E-state index in [9.17, 15) is 0 Å². The number of rotatable bonds is 1. The first-order chi connectivity index (χ1) is 6.66. The van der Waals surface area contributed by atoms with E-state index in [1.807, 2.05) is 12.1 Å². The van der Waals surface area contributed by atoms with Crippen molar-refractivity contribution in [3.05, 3.63) is 36.0 Å². The third kappa shape index (κ3) is 1.55. The SMILES string of the molecule is CC(C)c1ccc2ncc(N)cc2c1. The summed E-state index contributed by atoms with van der Waals surface area (Å²) in [5, 5.41) is 1.12. The van der Waals surface area contributed by atoms with Gasteiger partial charge >= 0.3 is 0 Å². The molecule has 2 nitrogen and oxygen atoms in total. The molecule has 0 unspecified atom stereocenters. The lowest BCUT2D eigenvalue weighted by Gasteiger charge is -2.06. The summed E-state index contributed by atoms with van der Waals surface area (Å²) < 4.78 is 0. The molecule has 1 aromatic carbocycles. The number of aromatic nitrogens is 1. The highest BCUT2D eigenvalue weighted by Crippen LogP contribution is 2.21. The molecule has 0 spiro atoms. The highest BCUT2D eigenvalue weighted by Gasteiger charge is 2.01. The van der Waals surface area contributed by atoms with E-state index in [4.69, 9.17) is 5.73 Å². The first-order valence-corrected chi connectivity index (χ1v) is 4.82. The molecule has 2 heteroatoms. The van der Waals surface area contributed by atoms with E-state index in [-0.39, 0.29) is 0 Å². The van der Waals surface area contributed by atoms with Crippen molar-refractivity contribution in [3.63, 3.8) is 0 Å². The molecule has 72 valence electrons. The molecular weight excluding hydrogens is 172 g/mol. The zero-order valence-corrected chi connectivity index (χ0v) is 8.49. The van der Waals surface area contributed by atoms with E-state index < -0.39 is 0 Å². The van der Waals surface area contributed by atoms with E-state index in [1.165, 1.54) is 5.56 Å². The zero-order valence-electron chi connectivity index (χ0n) is 8.49. The van der Waals surface area contributed by atoms with Crippen LogP contribution in [0.4, 0.5) is 5.69 Å². The van der Waals surface area contributed by atoms with Gasteiger partial charge in [0, 0.05) is 5.39 Å². The molecule has 0 atom stereocenters. The van der Waals surface area contributed by atoms with Crippen LogP contribution in [0.3, 0.4) is 0 Å².